The predicted molar refractivity (Wildman–Crippen MR) is 64.9 cm³/mol. The Kier molecular flexibility index (Phi) is 3.14. The highest BCUT2D eigenvalue weighted by atomic mass is 32.1. The van der Waals surface area contributed by atoms with Crippen molar-refractivity contribution >= 4 is 22.4 Å². The van der Waals surface area contributed by atoms with Gasteiger partial charge in [-0.15, -0.1) is 0 Å². The van der Waals surface area contributed by atoms with Crippen molar-refractivity contribution in [3.05, 3.63) is 23.6 Å². The van der Waals surface area contributed by atoms with E-state index in [-0.39, 0.29) is 5.69 Å². The Balaban J connectivity index is 2.47. The van der Waals surface area contributed by atoms with Gasteiger partial charge in [0.2, 0.25) is 0 Å². The van der Waals surface area contributed by atoms with Crippen molar-refractivity contribution in [2.45, 2.75) is 13.3 Å². The van der Waals surface area contributed by atoms with Gasteiger partial charge in [-0.1, -0.05) is 18.3 Å². The van der Waals surface area contributed by atoms with Gasteiger partial charge in [-0.3, -0.25) is 0 Å². The Hall–Kier alpha value is -1.82. The van der Waals surface area contributed by atoms with Crippen molar-refractivity contribution in [3.8, 4) is 10.6 Å². The molecule has 0 bridgehead atoms. The Bertz CT molecular complexity index is 545. The van der Waals surface area contributed by atoms with Gasteiger partial charge in [0.15, 0.2) is 10.8 Å². The minimum absolute atomic E-state index is 0.201. The van der Waals surface area contributed by atoms with Gasteiger partial charge >= 0.3 is 5.97 Å². The molecule has 0 saturated carbocycles. The molecule has 0 aliphatic carbocycles. The summed E-state index contributed by atoms with van der Waals surface area (Å²) in [7, 11) is 1.31. The first-order valence-corrected chi connectivity index (χ1v) is 5.91. The molecule has 0 aliphatic heterocycles. The van der Waals surface area contributed by atoms with Gasteiger partial charge < -0.3 is 14.9 Å². The molecule has 0 unspecified atom stereocenters. The Labute approximate surface area is 102 Å². The van der Waals surface area contributed by atoms with E-state index in [0.717, 1.165) is 12.2 Å². The van der Waals surface area contributed by atoms with Crippen molar-refractivity contribution in [2.75, 3.05) is 12.8 Å². The molecule has 0 fully saturated rings. The van der Waals surface area contributed by atoms with E-state index in [4.69, 9.17) is 10.2 Å². The number of nitrogens with zero attached hydrogens (tertiary/aromatic N) is 1. The van der Waals surface area contributed by atoms with Crippen molar-refractivity contribution in [3.63, 3.8) is 0 Å². The van der Waals surface area contributed by atoms with Gasteiger partial charge in [-0.2, -0.15) is 0 Å². The molecule has 0 aromatic carbocycles. The third kappa shape index (κ3) is 2.16. The molecule has 90 valence electrons. The van der Waals surface area contributed by atoms with Gasteiger partial charge in [0.05, 0.1) is 7.11 Å². The summed E-state index contributed by atoms with van der Waals surface area (Å²) in [5, 5.41) is 0.315. The van der Waals surface area contributed by atoms with Crippen LogP contribution in [0.2, 0.25) is 0 Å². The van der Waals surface area contributed by atoms with Crippen LogP contribution in [0.5, 0.6) is 0 Å². The molecule has 0 saturated heterocycles. The van der Waals surface area contributed by atoms with Crippen LogP contribution in [0.3, 0.4) is 0 Å². The van der Waals surface area contributed by atoms with Crippen LogP contribution >= 0.6 is 11.3 Å². The SMILES string of the molecule is CCc1ccc(-c2sc(N)nc2C(=O)OC)o1. The fourth-order valence-electron chi connectivity index (χ4n) is 1.43. The van der Waals surface area contributed by atoms with Gasteiger partial charge in [0, 0.05) is 6.42 Å². The number of hydrogen-bond donors (Lipinski definition) is 1. The zero-order chi connectivity index (χ0) is 12.4. The second kappa shape index (κ2) is 4.58. The van der Waals surface area contributed by atoms with Crippen LogP contribution in [0.1, 0.15) is 23.2 Å². The third-order valence-corrected chi connectivity index (χ3v) is 3.16. The lowest BCUT2D eigenvalue weighted by atomic mass is 10.3. The summed E-state index contributed by atoms with van der Waals surface area (Å²) >= 11 is 1.21. The highest BCUT2D eigenvalue weighted by Crippen LogP contribution is 2.33. The molecule has 2 rings (SSSR count). The molecule has 2 aromatic rings. The summed E-state index contributed by atoms with van der Waals surface area (Å²) < 4.78 is 10.2. The van der Waals surface area contributed by atoms with Crippen LogP contribution in [0.25, 0.3) is 10.6 Å². The number of esters is 1. The molecule has 0 atom stereocenters. The normalized spacial score (nSPS) is 10.5. The van der Waals surface area contributed by atoms with Crippen LogP contribution in [-0.4, -0.2) is 18.1 Å². The molecule has 0 amide bonds. The molecule has 5 nitrogen and oxygen atoms in total. The number of nitrogen functional groups attached to an aromatic ring is 1. The van der Waals surface area contributed by atoms with E-state index in [0.29, 0.717) is 15.8 Å². The minimum Gasteiger partial charge on any atom is -0.464 e. The van der Waals surface area contributed by atoms with Gasteiger partial charge in [-0.25, -0.2) is 9.78 Å². The minimum atomic E-state index is -0.512. The van der Waals surface area contributed by atoms with Gasteiger partial charge in [0.1, 0.15) is 16.4 Å². The lowest BCUT2D eigenvalue weighted by molar-refractivity contribution is 0.0595. The first kappa shape index (κ1) is 11.7. The van der Waals surface area contributed by atoms with E-state index in [2.05, 4.69) is 9.72 Å². The Morgan fingerprint density at radius 3 is 2.94 bits per heavy atom. The highest BCUT2D eigenvalue weighted by Gasteiger charge is 2.21. The number of furan rings is 1. The van der Waals surface area contributed by atoms with E-state index in [1.165, 1.54) is 18.4 Å². The lowest BCUT2D eigenvalue weighted by Crippen LogP contribution is -2.03. The summed E-state index contributed by atoms with van der Waals surface area (Å²) in [5.41, 5.74) is 5.81. The predicted octanol–water partition coefficient (Wildman–Crippen LogP) is 2.33. The molecular formula is C11H12N2O3S. The van der Waals surface area contributed by atoms with Crippen LogP contribution < -0.4 is 5.73 Å². The topological polar surface area (TPSA) is 78.3 Å². The van der Waals surface area contributed by atoms with Crippen molar-refractivity contribution in [1.82, 2.24) is 4.98 Å². The number of anilines is 1. The van der Waals surface area contributed by atoms with Crippen molar-refractivity contribution < 1.29 is 13.9 Å². The summed E-state index contributed by atoms with van der Waals surface area (Å²) in [6, 6.07) is 3.67. The van der Waals surface area contributed by atoms with E-state index in [9.17, 15) is 4.79 Å². The van der Waals surface area contributed by atoms with Crippen LogP contribution in [-0.2, 0) is 11.2 Å². The molecule has 0 radical (unpaired) electrons. The Morgan fingerprint density at radius 2 is 2.35 bits per heavy atom. The maximum absolute atomic E-state index is 11.5. The van der Waals surface area contributed by atoms with E-state index in [1.807, 2.05) is 13.0 Å². The number of thiazole rings is 1. The largest absolute Gasteiger partial charge is 0.464 e. The Morgan fingerprint density at radius 1 is 1.59 bits per heavy atom. The van der Waals surface area contributed by atoms with Crippen molar-refractivity contribution in [2.24, 2.45) is 0 Å². The number of carbonyl (C=O) groups excluding carboxylic acids is 1. The smallest absolute Gasteiger partial charge is 0.358 e. The first-order chi connectivity index (χ1) is 8.15. The number of hydrogen-bond acceptors (Lipinski definition) is 6. The molecule has 0 spiro atoms. The molecule has 0 aliphatic rings. The number of rotatable bonds is 3. The lowest BCUT2D eigenvalue weighted by Gasteiger charge is -1.97. The summed E-state index contributed by atoms with van der Waals surface area (Å²) in [5.74, 6) is 0.932. The number of ether oxygens (including phenoxy) is 1. The van der Waals surface area contributed by atoms with E-state index in [1.54, 1.807) is 6.07 Å². The maximum Gasteiger partial charge on any atom is 0.358 e. The second-order valence-corrected chi connectivity index (χ2v) is 4.37. The number of aryl methyl sites for hydroxylation is 1. The van der Waals surface area contributed by atoms with E-state index < -0.39 is 5.97 Å². The van der Waals surface area contributed by atoms with Crippen LogP contribution in [0.15, 0.2) is 16.5 Å². The monoisotopic (exact) mass is 252 g/mol. The highest BCUT2D eigenvalue weighted by molar-refractivity contribution is 7.19. The molecule has 2 N–H and O–H groups in total. The molecule has 17 heavy (non-hydrogen) atoms. The molecule has 2 heterocycles. The van der Waals surface area contributed by atoms with Crippen LogP contribution in [0, 0.1) is 0 Å². The number of aromatic nitrogens is 1. The fourth-order valence-corrected chi connectivity index (χ4v) is 2.21. The molecule has 6 heteroatoms. The number of methoxy groups -OCH3 is 1. The summed E-state index contributed by atoms with van der Waals surface area (Å²) in [6.07, 6.45) is 0.793. The van der Waals surface area contributed by atoms with Crippen molar-refractivity contribution in [1.29, 1.82) is 0 Å². The van der Waals surface area contributed by atoms with Crippen LogP contribution in [0.4, 0.5) is 5.13 Å². The van der Waals surface area contributed by atoms with E-state index >= 15 is 0 Å². The number of carbonyl (C=O) groups is 1. The average molecular weight is 252 g/mol. The maximum atomic E-state index is 11.5. The third-order valence-electron chi connectivity index (χ3n) is 2.26. The van der Waals surface area contributed by atoms with Gasteiger partial charge in [0.25, 0.3) is 0 Å². The zero-order valence-electron chi connectivity index (χ0n) is 9.52. The number of nitrogens with two attached hydrogens (primary N) is 1. The average Bonchev–Trinajstić information content (AvgIpc) is 2.93. The molecule has 2 aromatic heterocycles. The first-order valence-electron chi connectivity index (χ1n) is 5.09. The summed E-state index contributed by atoms with van der Waals surface area (Å²) in [4.78, 5) is 16.1. The standard InChI is InChI=1S/C11H12N2O3S/c1-3-6-4-5-7(16-6)9-8(10(14)15-2)13-11(12)17-9/h4-5H,3H2,1-2H3,(H2,12,13). The van der Waals surface area contributed by atoms with Gasteiger partial charge in [-0.05, 0) is 12.1 Å². The molecular weight excluding hydrogens is 240 g/mol. The fraction of sp³-hybridized carbons (Fsp3) is 0.273. The summed E-state index contributed by atoms with van der Waals surface area (Å²) in [6.45, 7) is 1.99. The quantitative estimate of drug-likeness (QED) is 0.848. The zero-order valence-corrected chi connectivity index (χ0v) is 10.3. The second-order valence-electron chi connectivity index (χ2n) is 3.34.